The minimum Gasteiger partial charge on any atom is -0.457 e. The molecule has 0 saturated carbocycles. The summed E-state index contributed by atoms with van der Waals surface area (Å²) in [4.78, 5) is 0. The van der Waals surface area contributed by atoms with Gasteiger partial charge in [-0.2, -0.15) is 18.3 Å². The molecule has 0 bridgehead atoms. The molecule has 4 aromatic carbocycles. The van der Waals surface area contributed by atoms with Crippen molar-refractivity contribution in [1.82, 2.24) is 9.78 Å². The molecule has 0 fully saturated rings. The first-order valence-corrected chi connectivity index (χ1v) is 12.0. The molecule has 0 unspecified atom stereocenters. The number of aryl methyl sites for hydroxylation is 2. The molecule has 6 heteroatoms. The van der Waals surface area contributed by atoms with Gasteiger partial charge in [0.15, 0.2) is 0 Å². The van der Waals surface area contributed by atoms with E-state index in [4.69, 9.17) is 4.74 Å². The molecule has 0 amide bonds. The highest BCUT2D eigenvalue weighted by molar-refractivity contribution is 5.95. The van der Waals surface area contributed by atoms with Gasteiger partial charge in [-0.05, 0) is 78.4 Å². The minimum atomic E-state index is -4.49. The molecular weight excluding hydrogens is 461 g/mol. The Hall–Kier alpha value is -4.06. The Balaban J connectivity index is 1.39. The number of hydrogen-bond acceptors (Lipinski definition) is 2. The molecule has 0 spiro atoms. The zero-order chi connectivity index (χ0) is 24.7. The molecule has 0 aliphatic heterocycles. The predicted octanol–water partition coefficient (Wildman–Crippen LogP) is 8.05. The predicted molar refractivity (Wildman–Crippen MR) is 134 cm³/mol. The van der Waals surface area contributed by atoms with Crippen LogP contribution < -0.4 is 4.74 Å². The average molecular weight is 485 g/mol. The van der Waals surface area contributed by atoms with Gasteiger partial charge in [0, 0.05) is 10.9 Å². The number of hydrogen-bond donors (Lipinski definition) is 0. The third-order valence-corrected chi connectivity index (χ3v) is 6.68. The van der Waals surface area contributed by atoms with Crippen LogP contribution in [0.25, 0.3) is 22.2 Å². The molecule has 180 valence electrons. The van der Waals surface area contributed by atoms with Crippen LogP contribution in [0.4, 0.5) is 13.2 Å². The Kier molecular flexibility index (Phi) is 5.52. The second-order valence-electron chi connectivity index (χ2n) is 9.10. The maximum Gasteiger partial charge on any atom is 0.418 e. The summed E-state index contributed by atoms with van der Waals surface area (Å²) in [7, 11) is 0. The van der Waals surface area contributed by atoms with Crippen molar-refractivity contribution in [3.8, 4) is 22.8 Å². The van der Waals surface area contributed by atoms with E-state index >= 15 is 0 Å². The summed E-state index contributed by atoms with van der Waals surface area (Å²) in [5.41, 5.74) is 4.31. The summed E-state index contributed by atoms with van der Waals surface area (Å²) in [6.07, 6.45) is -1.13. The summed E-state index contributed by atoms with van der Waals surface area (Å²) in [5, 5.41) is 4.91. The van der Waals surface area contributed by atoms with Crippen molar-refractivity contribution < 1.29 is 17.9 Å². The quantitative estimate of drug-likeness (QED) is 0.252. The Bertz CT molecular complexity index is 1540. The number of ether oxygens (including phenoxy) is 1. The lowest BCUT2D eigenvalue weighted by Gasteiger charge is -2.11. The fraction of sp³-hybridized carbons (Fsp3) is 0.167. The molecule has 5 aromatic rings. The van der Waals surface area contributed by atoms with Crippen LogP contribution in [0.3, 0.4) is 0 Å². The molecule has 0 N–H and O–H groups in total. The first kappa shape index (κ1) is 22.4. The largest absolute Gasteiger partial charge is 0.457 e. The third-order valence-electron chi connectivity index (χ3n) is 6.68. The van der Waals surface area contributed by atoms with Crippen LogP contribution in [0.15, 0.2) is 91.0 Å². The number of benzene rings is 4. The van der Waals surface area contributed by atoms with Crippen LogP contribution in [0.1, 0.15) is 28.7 Å². The summed E-state index contributed by atoms with van der Waals surface area (Å²) < 4.78 is 49.0. The van der Waals surface area contributed by atoms with E-state index < -0.39 is 11.7 Å². The van der Waals surface area contributed by atoms with Crippen molar-refractivity contribution in [3.05, 3.63) is 113 Å². The number of fused-ring (bicyclic) bond motifs is 2. The topological polar surface area (TPSA) is 27.1 Å². The third kappa shape index (κ3) is 4.24. The monoisotopic (exact) mass is 484 g/mol. The molecule has 3 nitrogen and oxygen atoms in total. The lowest BCUT2D eigenvalue weighted by atomic mass is 10.0. The Morgan fingerprint density at radius 2 is 1.53 bits per heavy atom. The van der Waals surface area contributed by atoms with E-state index in [9.17, 15) is 13.2 Å². The van der Waals surface area contributed by atoms with Crippen molar-refractivity contribution in [1.29, 1.82) is 0 Å². The zero-order valence-corrected chi connectivity index (χ0v) is 19.4. The molecule has 6 rings (SSSR count). The smallest absolute Gasteiger partial charge is 0.418 e. The van der Waals surface area contributed by atoms with E-state index in [0.717, 1.165) is 35.8 Å². The van der Waals surface area contributed by atoms with Crippen LogP contribution in [0.2, 0.25) is 0 Å². The summed E-state index contributed by atoms with van der Waals surface area (Å²) in [6, 6.07) is 27.5. The van der Waals surface area contributed by atoms with Crippen molar-refractivity contribution in [2.24, 2.45) is 0 Å². The Morgan fingerprint density at radius 3 is 2.31 bits per heavy atom. The zero-order valence-electron chi connectivity index (χ0n) is 19.4. The fourth-order valence-corrected chi connectivity index (χ4v) is 4.98. The SMILES string of the molecule is FC(F)(F)c1cccc2c(-c3ccc(Oc4ccc5c(c4)CCC5)cc3)n(Cc3ccccc3)nc12. The maximum absolute atomic E-state index is 13.8. The molecule has 1 aromatic heterocycles. The van der Waals surface area contributed by atoms with Gasteiger partial charge in [-0.3, -0.25) is 4.68 Å². The Labute approximate surface area is 206 Å². The van der Waals surface area contributed by atoms with Gasteiger partial charge in [-0.1, -0.05) is 48.5 Å². The highest BCUT2D eigenvalue weighted by atomic mass is 19.4. The minimum absolute atomic E-state index is 0.0469. The molecule has 36 heavy (non-hydrogen) atoms. The first-order chi connectivity index (χ1) is 17.5. The van der Waals surface area contributed by atoms with E-state index in [-0.39, 0.29) is 5.52 Å². The van der Waals surface area contributed by atoms with Gasteiger partial charge in [0.2, 0.25) is 0 Å². The van der Waals surface area contributed by atoms with Gasteiger partial charge >= 0.3 is 6.18 Å². The van der Waals surface area contributed by atoms with Crippen molar-refractivity contribution in [2.75, 3.05) is 0 Å². The van der Waals surface area contributed by atoms with Gasteiger partial charge in [-0.25, -0.2) is 0 Å². The van der Waals surface area contributed by atoms with Crippen LogP contribution in [0.5, 0.6) is 11.5 Å². The van der Waals surface area contributed by atoms with Crippen LogP contribution in [0, 0.1) is 0 Å². The van der Waals surface area contributed by atoms with Crippen LogP contribution in [-0.2, 0) is 25.6 Å². The van der Waals surface area contributed by atoms with E-state index in [1.54, 1.807) is 10.7 Å². The molecule has 0 atom stereocenters. The van der Waals surface area contributed by atoms with Gasteiger partial charge < -0.3 is 4.74 Å². The number of halogens is 3. The van der Waals surface area contributed by atoms with Gasteiger partial charge in [0.05, 0.1) is 17.8 Å². The van der Waals surface area contributed by atoms with Gasteiger partial charge in [0.1, 0.15) is 17.0 Å². The summed E-state index contributed by atoms with van der Waals surface area (Å²) >= 11 is 0. The average Bonchev–Trinajstić information content (AvgIpc) is 3.48. The highest BCUT2D eigenvalue weighted by Gasteiger charge is 2.34. The first-order valence-electron chi connectivity index (χ1n) is 12.0. The molecule has 0 radical (unpaired) electrons. The lowest BCUT2D eigenvalue weighted by molar-refractivity contribution is -0.136. The molecule has 1 heterocycles. The Morgan fingerprint density at radius 1 is 0.778 bits per heavy atom. The number of alkyl halides is 3. The van der Waals surface area contributed by atoms with Crippen molar-refractivity contribution in [3.63, 3.8) is 0 Å². The van der Waals surface area contributed by atoms with E-state index in [2.05, 4.69) is 17.2 Å². The van der Waals surface area contributed by atoms with E-state index in [1.165, 1.54) is 23.6 Å². The van der Waals surface area contributed by atoms with Crippen LogP contribution >= 0.6 is 0 Å². The number of aromatic nitrogens is 2. The summed E-state index contributed by atoms with van der Waals surface area (Å²) in [6.45, 7) is 0.357. The van der Waals surface area contributed by atoms with Gasteiger partial charge in [-0.15, -0.1) is 0 Å². The maximum atomic E-state index is 13.8. The lowest BCUT2D eigenvalue weighted by Crippen LogP contribution is -2.06. The van der Waals surface area contributed by atoms with Crippen molar-refractivity contribution >= 4 is 10.9 Å². The summed E-state index contributed by atoms with van der Waals surface area (Å²) in [5.74, 6) is 1.46. The second kappa shape index (κ2) is 8.86. The second-order valence-corrected chi connectivity index (χ2v) is 9.10. The molecule has 1 aliphatic carbocycles. The van der Waals surface area contributed by atoms with E-state index in [1.807, 2.05) is 60.7 Å². The number of rotatable bonds is 5. The standard InChI is InChI=1S/C30H23F3N2O/c31-30(32,33)27-11-5-10-26-28(27)34-35(19-20-6-2-1-3-7-20)29(26)22-13-15-24(16-14-22)36-25-17-12-21-8-4-9-23(21)18-25/h1-3,5-7,10-18H,4,8-9,19H2. The van der Waals surface area contributed by atoms with E-state index in [0.29, 0.717) is 23.4 Å². The normalized spacial score (nSPS) is 13.2. The fourth-order valence-electron chi connectivity index (χ4n) is 4.98. The van der Waals surface area contributed by atoms with Crippen molar-refractivity contribution in [2.45, 2.75) is 32.0 Å². The molecular formula is C30H23F3N2O. The number of nitrogens with zero attached hydrogens (tertiary/aromatic N) is 2. The van der Waals surface area contributed by atoms with Crippen LogP contribution in [-0.4, -0.2) is 9.78 Å². The highest BCUT2D eigenvalue weighted by Crippen LogP contribution is 2.39. The molecule has 0 saturated heterocycles. The molecule has 1 aliphatic rings. The van der Waals surface area contributed by atoms with Gasteiger partial charge in [0.25, 0.3) is 0 Å².